The lowest BCUT2D eigenvalue weighted by Gasteiger charge is -2.28. The van der Waals surface area contributed by atoms with Crippen LogP contribution in [0.15, 0.2) is 121 Å². The molecule has 1 fully saturated rings. The molecule has 6 unspecified atom stereocenters. The molecule has 1 spiro atoms. The number of amides is 3. The van der Waals surface area contributed by atoms with Gasteiger partial charge < -0.3 is 40.6 Å². The molecule has 3 amide bonds. The van der Waals surface area contributed by atoms with Crippen LogP contribution in [-0.4, -0.2) is 100 Å². The number of imide groups is 1. The van der Waals surface area contributed by atoms with Gasteiger partial charge >= 0.3 is 41.8 Å². The van der Waals surface area contributed by atoms with E-state index in [2.05, 4.69) is 10.6 Å². The van der Waals surface area contributed by atoms with Gasteiger partial charge in [-0.05, 0) is 91.8 Å². The molecule has 6 aliphatic rings. The summed E-state index contributed by atoms with van der Waals surface area (Å²) >= 11 is 0. The van der Waals surface area contributed by atoms with Gasteiger partial charge in [0.2, 0.25) is 0 Å². The van der Waals surface area contributed by atoms with Crippen molar-refractivity contribution in [2.45, 2.75) is 96.1 Å². The molecule has 5 aromatic carbocycles. The number of ether oxygens (including phenoxy) is 3. The first-order valence-corrected chi connectivity index (χ1v) is 27.2. The highest BCUT2D eigenvalue weighted by molar-refractivity contribution is 6.17. The normalized spacial score (nSPS) is 22.3. The van der Waals surface area contributed by atoms with Crippen LogP contribution in [-0.2, 0) is 91.0 Å². The minimum atomic E-state index is -1.59. The average molecular weight is 1140 g/mol. The highest BCUT2D eigenvalue weighted by Gasteiger charge is 2.58. The Labute approximate surface area is 478 Å². The summed E-state index contributed by atoms with van der Waals surface area (Å²) in [7, 11) is 0. The molecular weight excluding hydrogens is 1070 g/mol. The molecule has 83 heavy (non-hydrogen) atoms. The molecule has 6 atom stereocenters. The number of carbonyl (C=O) groups is 11. The number of benzene rings is 5. The predicted molar refractivity (Wildman–Crippen MR) is 297 cm³/mol. The van der Waals surface area contributed by atoms with Crippen LogP contribution >= 0.6 is 0 Å². The second-order valence-electron chi connectivity index (χ2n) is 20.7. The molecule has 5 aliphatic carbocycles. The Bertz CT molecular complexity index is 3370. The minimum absolute atomic E-state index is 0.0728. The highest BCUT2D eigenvalue weighted by atomic mass is 16.5. The lowest BCUT2D eigenvalue weighted by Crippen LogP contribution is -2.49. The summed E-state index contributed by atoms with van der Waals surface area (Å²) in [6.45, 7) is 5.85. The second-order valence-corrected chi connectivity index (χ2v) is 20.7. The van der Waals surface area contributed by atoms with Crippen molar-refractivity contribution in [1.82, 2.24) is 10.6 Å². The first-order chi connectivity index (χ1) is 39.6. The van der Waals surface area contributed by atoms with Gasteiger partial charge in [0.25, 0.3) is 5.91 Å². The molecule has 1 saturated heterocycles. The maximum absolute atomic E-state index is 12.7. The fourth-order valence-corrected chi connectivity index (χ4v) is 11.7. The summed E-state index contributed by atoms with van der Waals surface area (Å²) in [6.07, 6.45) is 2.86. The van der Waals surface area contributed by atoms with Crippen molar-refractivity contribution in [2.75, 3.05) is 19.8 Å². The van der Waals surface area contributed by atoms with Gasteiger partial charge in [-0.15, -0.1) is 0 Å². The van der Waals surface area contributed by atoms with Crippen LogP contribution in [0.25, 0.3) is 0 Å². The zero-order valence-electron chi connectivity index (χ0n) is 46.1. The number of carboxylic acid groups (broad SMARTS) is 3. The summed E-state index contributed by atoms with van der Waals surface area (Å²) in [5, 5.41) is 31.9. The smallest absolute Gasteiger partial charge is 0.328 e. The Balaban J connectivity index is 0.000000151. The number of fused-ring (bicyclic) bond motifs is 6. The van der Waals surface area contributed by atoms with Crippen molar-refractivity contribution in [3.05, 3.63) is 177 Å². The number of esters is 3. The van der Waals surface area contributed by atoms with Gasteiger partial charge in [0.05, 0.1) is 45.5 Å². The van der Waals surface area contributed by atoms with E-state index in [0.29, 0.717) is 54.8 Å². The van der Waals surface area contributed by atoms with Crippen molar-refractivity contribution in [2.24, 2.45) is 28.9 Å². The van der Waals surface area contributed by atoms with Crippen LogP contribution < -0.4 is 16.4 Å². The van der Waals surface area contributed by atoms with Crippen LogP contribution in [0.2, 0.25) is 0 Å². The molecule has 5 aromatic rings. The van der Waals surface area contributed by atoms with Gasteiger partial charge in [0.1, 0.15) is 11.0 Å². The van der Waals surface area contributed by atoms with Crippen molar-refractivity contribution in [1.29, 1.82) is 0 Å². The monoisotopic (exact) mass is 1140 g/mol. The van der Waals surface area contributed by atoms with Crippen LogP contribution in [0, 0.1) is 23.2 Å². The average Bonchev–Trinajstić information content (AvgIpc) is 2.05. The number of urea groups is 1. The number of aryl methyl sites for hydroxylation is 1. The number of rotatable bonds is 13. The fourth-order valence-electron chi connectivity index (χ4n) is 11.7. The Hall–Kier alpha value is -9.17. The Kier molecular flexibility index (Phi) is 19.7. The molecule has 20 nitrogen and oxygen atoms in total. The first-order valence-electron chi connectivity index (χ1n) is 27.2. The number of carboxylic acids is 3. The maximum Gasteiger partial charge on any atom is 0.328 e. The SMILES string of the molecule is CCOC(=O)CC1(C(=O)OCC)Cc2ccccc2C1=O.CCOC(=O)CC1Cc2ccccc2C1=O.NC1(C(=O)O)c2ccccc2CC1CC(=O)O.O=C(O)CC1Cc2ccccc2C12NC(=O)NC2=O.O=C1CCc2ccccc21. The van der Waals surface area contributed by atoms with Crippen molar-refractivity contribution in [3.63, 3.8) is 0 Å². The number of nitrogens with two attached hydrogens (primary N) is 1. The van der Waals surface area contributed by atoms with Crippen LogP contribution in [0.4, 0.5) is 4.79 Å². The van der Waals surface area contributed by atoms with E-state index in [4.69, 9.17) is 30.2 Å². The number of ketones is 3. The van der Waals surface area contributed by atoms with Gasteiger partial charge in [-0.25, -0.2) is 9.59 Å². The summed E-state index contributed by atoms with van der Waals surface area (Å²) in [5.41, 5.74) is 9.80. The summed E-state index contributed by atoms with van der Waals surface area (Å²) < 4.78 is 14.8. The molecule has 0 bridgehead atoms. The predicted octanol–water partition coefficient (Wildman–Crippen LogP) is 6.68. The minimum Gasteiger partial charge on any atom is -0.481 e. The second kappa shape index (κ2) is 26.6. The van der Waals surface area contributed by atoms with Gasteiger partial charge in [-0.2, -0.15) is 0 Å². The zero-order valence-corrected chi connectivity index (χ0v) is 46.1. The molecule has 1 aliphatic heterocycles. The topological polar surface area (TPSA) is 326 Å². The lowest BCUT2D eigenvalue weighted by atomic mass is 9.80. The van der Waals surface area contributed by atoms with Gasteiger partial charge in [0.15, 0.2) is 22.9 Å². The largest absolute Gasteiger partial charge is 0.481 e. The molecule has 434 valence electrons. The van der Waals surface area contributed by atoms with Gasteiger partial charge in [-0.3, -0.25) is 48.5 Å². The fraction of sp³-hybridized carbons (Fsp3) is 0.349. The van der Waals surface area contributed by atoms with Gasteiger partial charge in [0, 0.05) is 40.9 Å². The van der Waals surface area contributed by atoms with Crippen LogP contribution in [0.5, 0.6) is 0 Å². The van der Waals surface area contributed by atoms with Gasteiger partial charge in [-0.1, -0.05) is 121 Å². The zero-order chi connectivity index (χ0) is 60.2. The number of Topliss-reactive ketones (excluding diaryl/α,β-unsaturated/α-hetero) is 3. The van der Waals surface area contributed by atoms with Crippen molar-refractivity contribution >= 4 is 65.1 Å². The molecule has 0 aromatic heterocycles. The number of carbonyl (C=O) groups excluding carboxylic acids is 8. The first kappa shape index (κ1) is 61.4. The standard InChI is InChI=1S/C16H18O5.C13H12N2O4.C13H14O3.C12H13NO4.C9H8O/c1-3-20-13(17)10-16(15(19)21-4-2)9-11-7-5-6-8-12(11)14(16)18;16-10(17)6-8-5-7-3-1-2-4-9(7)13(8)11(18)14-12(19)15-13;1-2-16-12(14)8-10-7-9-5-3-4-6-11(9)13(10)15;13-12(11(16)17)8(6-10(14)15)5-7-3-1-2-4-9(7)12;10-9-6-5-7-3-1-2-4-8(7)9/h5-8H,3-4,9-10H2,1-2H3;1-4,8H,5-6H2,(H,16,17)(H2,14,15,18,19);3-6,10H,2,7-8H2,1H3;1-4,8H,5-6,13H2,(H,14,15)(H,16,17);1-4H,5-6H2. The van der Waals surface area contributed by atoms with E-state index in [0.717, 1.165) is 39.8 Å². The van der Waals surface area contributed by atoms with Crippen molar-refractivity contribution in [3.8, 4) is 0 Å². The molecule has 1 heterocycles. The van der Waals surface area contributed by atoms with E-state index in [1.54, 1.807) is 81.4 Å². The van der Waals surface area contributed by atoms with Crippen molar-refractivity contribution < 1.29 is 82.3 Å². The quantitative estimate of drug-likeness (QED) is 0.0310. The number of hydrogen-bond donors (Lipinski definition) is 6. The molecule has 7 N–H and O–H groups in total. The molecule has 20 heteroatoms. The van der Waals surface area contributed by atoms with E-state index < -0.39 is 70.1 Å². The summed E-state index contributed by atoms with van der Waals surface area (Å²) in [4.78, 5) is 128. The lowest BCUT2D eigenvalue weighted by molar-refractivity contribution is -0.158. The third-order valence-electron chi connectivity index (χ3n) is 15.6. The maximum atomic E-state index is 12.7. The number of aliphatic carboxylic acids is 3. The summed E-state index contributed by atoms with van der Waals surface area (Å²) in [6, 6.07) is 36.0. The van der Waals surface area contributed by atoms with E-state index in [-0.39, 0.29) is 68.8 Å². The Morgan fingerprint density at radius 1 is 0.554 bits per heavy atom. The van der Waals surface area contributed by atoms with E-state index in [1.165, 1.54) is 5.56 Å². The Morgan fingerprint density at radius 3 is 1.61 bits per heavy atom. The third kappa shape index (κ3) is 13.1. The molecule has 11 rings (SSSR count). The number of hydrogen-bond acceptors (Lipinski definition) is 15. The van der Waals surface area contributed by atoms with Crippen LogP contribution in [0.3, 0.4) is 0 Å². The Morgan fingerprint density at radius 2 is 1.06 bits per heavy atom. The highest BCUT2D eigenvalue weighted by Crippen LogP contribution is 2.46. The molecular formula is C63H65N3O17. The van der Waals surface area contributed by atoms with E-state index >= 15 is 0 Å². The van der Waals surface area contributed by atoms with E-state index in [9.17, 15) is 57.8 Å². The van der Waals surface area contributed by atoms with Crippen LogP contribution in [0.1, 0.15) is 123 Å². The van der Waals surface area contributed by atoms with E-state index in [1.807, 2.05) is 60.7 Å². The molecule has 0 radical (unpaired) electrons. The summed E-state index contributed by atoms with van der Waals surface area (Å²) in [5.74, 6) is -6.42. The molecule has 0 saturated carbocycles. The number of nitrogens with one attached hydrogen (secondary N) is 2. The third-order valence-corrected chi connectivity index (χ3v) is 15.6.